The van der Waals surface area contributed by atoms with Crippen LogP contribution in [0, 0.1) is 0 Å². The summed E-state index contributed by atoms with van der Waals surface area (Å²) in [6.07, 6.45) is 0. The molecule has 14 heavy (non-hydrogen) atoms. The topological polar surface area (TPSA) is 152 Å². The van der Waals surface area contributed by atoms with Crippen LogP contribution in [0.1, 0.15) is 20.8 Å². The summed E-state index contributed by atoms with van der Waals surface area (Å²) in [4.78, 5) is 26.7. The fourth-order valence-electron chi connectivity index (χ4n) is 0. The molecule has 83 valence electrons. The number of carbonyl (C=O) groups excluding carboxylic acids is 3. The minimum absolute atomic E-state index is 0. The molecule has 0 fully saturated rings. The van der Waals surface area contributed by atoms with Gasteiger partial charge in [-0.15, -0.1) is 0 Å². The van der Waals surface area contributed by atoms with Crippen LogP contribution in [0.5, 0.6) is 0 Å². The Labute approximate surface area is 91.8 Å². The van der Waals surface area contributed by atoms with Crippen molar-refractivity contribution >= 4 is 17.9 Å². The predicted molar refractivity (Wildman–Crippen MR) is 35.7 cm³/mol. The maximum atomic E-state index is 8.89. The van der Waals surface area contributed by atoms with Crippen molar-refractivity contribution in [2.24, 2.45) is 0 Å². The fourth-order valence-corrected chi connectivity index (χ4v) is 0. The third kappa shape index (κ3) is 888. The Kier molecular flexibility index (Phi) is 47.4. The molecule has 0 aromatic carbocycles. The van der Waals surface area contributed by atoms with Gasteiger partial charge in [-0.2, -0.15) is 0 Å². The molecule has 0 saturated heterocycles. The number of carbonyl (C=O) groups is 3. The Bertz CT molecular complexity index is 116. The molecule has 0 amide bonds. The van der Waals surface area contributed by atoms with Gasteiger partial charge in [0.15, 0.2) is 0 Å². The zero-order chi connectivity index (χ0) is 10.7. The van der Waals surface area contributed by atoms with E-state index < -0.39 is 17.9 Å². The molecule has 8 heteroatoms. The Morgan fingerprint density at radius 3 is 0.714 bits per heavy atom. The maximum absolute atomic E-state index is 8.89. The molecule has 0 saturated carbocycles. The smallest absolute Gasteiger partial charge is 0.550 e. The second kappa shape index (κ2) is 22.7. The molecule has 0 heterocycles. The Morgan fingerprint density at radius 2 is 0.714 bits per heavy atom. The van der Waals surface area contributed by atoms with Crippen molar-refractivity contribution in [2.75, 3.05) is 0 Å². The fraction of sp³-hybridized carbons (Fsp3) is 0.500. The van der Waals surface area contributed by atoms with Crippen LogP contribution in [0.3, 0.4) is 0 Å². The van der Waals surface area contributed by atoms with Gasteiger partial charge in [0.25, 0.3) is 0 Å². The van der Waals surface area contributed by atoms with E-state index in [0.717, 1.165) is 20.8 Å². The van der Waals surface area contributed by atoms with Crippen LogP contribution in [0.25, 0.3) is 0 Å². The Hall–Kier alpha value is -1.10. The van der Waals surface area contributed by atoms with Crippen LogP contribution in [-0.4, -0.2) is 23.4 Å². The molecule has 0 rings (SSSR count). The van der Waals surface area contributed by atoms with Gasteiger partial charge in [0.1, 0.15) is 0 Å². The largest absolute Gasteiger partial charge is 3.00 e. The van der Waals surface area contributed by atoms with Gasteiger partial charge in [-0.05, 0) is 20.8 Å². The van der Waals surface area contributed by atoms with Gasteiger partial charge in [-0.25, -0.2) is 0 Å². The van der Waals surface area contributed by atoms with E-state index in [0.29, 0.717) is 0 Å². The molecule has 0 unspecified atom stereocenters. The van der Waals surface area contributed by atoms with E-state index >= 15 is 0 Å². The zero-order valence-electron chi connectivity index (χ0n) is 7.86. The van der Waals surface area contributed by atoms with E-state index in [-0.39, 0.29) is 22.8 Å². The average Bonchev–Trinajstić information content (AvgIpc) is 1.54. The van der Waals surface area contributed by atoms with Crippen LogP contribution in [0.4, 0.5) is 0 Å². The number of hydrogen-bond donors (Lipinski definition) is 0. The van der Waals surface area contributed by atoms with Crippen molar-refractivity contribution in [1.29, 1.82) is 0 Å². The van der Waals surface area contributed by atoms with Crippen molar-refractivity contribution in [2.45, 2.75) is 20.8 Å². The molecule has 2 N–H and O–H groups in total. The average molecular weight is 247 g/mol. The first-order valence-electron chi connectivity index (χ1n) is 2.72. The minimum Gasteiger partial charge on any atom is -0.550 e. The molecular formula is C6H11CrO7. The molecule has 7 nitrogen and oxygen atoms in total. The van der Waals surface area contributed by atoms with Crippen molar-refractivity contribution in [3.05, 3.63) is 0 Å². The quantitative estimate of drug-likeness (QED) is 0.420. The number of carboxylic acids is 3. The summed E-state index contributed by atoms with van der Waals surface area (Å²) in [5, 5.41) is 26.7. The van der Waals surface area contributed by atoms with Gasteiger partial charge in [-0.1, -0.05) is 0 Å². The summed E-state index contributed by atoms with van der Waals surface area (Å²) in [5.41, 5.74) is 0. The van der Waals surface area contributed by atoms with Gasteiger partial charge in [0, 0.05) is 17.9 Å². The van der Waals surface area contributed by atoms with Gasteiger partial charge in [-0.3, -0.25) is 0 Å². The van der Waals surface area contributed by atoms with Gasteiger partial charge in [0.05, 0.1) is 0 Å². The van der Waals surface area contributed by atoms with E-state index in [9.17, 15) is 0 Å². The van der Waals surface area contributed by atoms with E-state index in [1.807, 2.05) is 0 Å². The van der Waals surface area contributed by atoms with Crippen LogP contribution in [-0.2, 0) is 31.7 Å². The molecule has 0 aromatic rings. The molecule has 0 aliphatic rings. The van der Waals surface area contributed by atoms with E-state index in [4.69, 9.17) is 29.7 Å². The standard InChI is InChI=1S/3C2H4O2.Cr.H2O/c3*1-2(3)4;;/h3*1H3,(H,3,4);;1H2/q;;;+3;/p-3. The molecule has 0 bridgehead atoms. The normalized spacial score (nSPS) is 5.36. The zero-order valence-corrected chi connectivity index (χ0v) is 9.13. The second-order valence-electron chi connectivity index (χ2n) is 1.47. The maximum Gasteiger partial charge on any atom is 3.00 e. The molecule has 0 aromatic heterocycles. The van der Waals surface area contributed by atoms with Crippen molar-refractivity contribution in [3.63, 3.8) is 0 Å². The van der Waals surface area contributed by atoms with Gasteiger partial charge in [0.2, 0.25) is 0 Å². The van der Waals surface area contributed by atoms with Crippen LogP contribution in [0.2, 0.25) is 0 Å². The SMILES string of the molecule is CC(=O)[O-].CC(=O)[O-].CC(=O)[O-].O.[Cr+3]. The Balaban J connectivity index is -0.0000000270. The first-order chi connectivity index (χ1) is 5.20. The van der Waals surface area contributed by atoms with Crippen molar-refractivity contribution in [3.8, 4) is 0 Å². The Morgan fingerprint density at radius 1 is 0.714 bits per heavy atom. The monoisotopic (exact) mass is 247 g/mol. The molecule has 0 atom stereocenters. The number of hydrogen-bond acceptors (Lipinski definition) is 6. The van der Waals surface area contributed by atoms with Crippen molar-refractivity contribution < 1.29 is 52.5 Å². The molecule has 0 spiro atoms. The van der Waals surface area contributed by atoms with E-state index in [1.165, 1.54) is 0 Å². The van der Waals surface area contributed by atoms with Crippen LogP contribution < -0.4 is 15.3 Å². The molecule has 0 aliphatic heterocycles. The van der Waals surface area contributed by atoms with Crippen LogP contribution in [0.15, 0.2) is 0 Å². The summed E-state index contributed by atoms with van der Waals surface area (Å²) < 4.78 is 0. The molecular weight excluding hydrogens is 236 g/mol. The first kappa shape index (κ1) is 29.3. The summed E-state index contributed by atoms with van der Waals surface area (Å²) in [5.74, 6) is -3.25. The van der Waals surface area contributed by atoms with Gasteiger partial charge < -0.3 is 35.2 Å². The van der Waals surface area contributed by atoms with Crippen LogP contribution >= 0.6 is 0 Å². The summed E-state index contributed by atoms with van der Waals surface area (Å²) in [7, 11) is 0. The third-order valence-electron chi connectivity index (χ3n) is 0. The summed E-state index contributed by atoms with van der Waals surface area (Å²) >= 11 is 0. The third-order valence-corrected chi connectivity index (χ3v) is 0. The second-order valence-corrected chi connectivity index (χ2v) is 1.47. The van der Waals surface area contributed by atoms with E-state index in [2.05, 4.69) is 0 Å². The number of rotatable bonds is 0. The molecule has 0 aliphatic carbocycles. The number of carboxylic acid groups (broad SMARTS) is 3. The minimum atomic E-state index is -1.08. The van der Waals surface area contributed by atoms with E-state index in [1.54, 1.807) is 0 Å². The summed E-state index contributed by atoms with van der Waals surface area (Å²) in [6, 6.07) is 0. The molecule has 1 radical (unpaired) electrons. The first-order valence-corrected chi connectivity index (χ1v) is 2.72. The van der Waals surface area contributed by atoms with Gasteiger partial charge >= 0.3 is 17.4 Å². The predicted octanol–water partition coefficient (Wildman–Crippen LogP) is -4.56. The number of aliphatic carboxylic acids is 3. The van der Waals surface area contributed by atoms with Crippen molar-refractivity contribution in [1.82, 2.24) is 0 Å². The summed E-state index contributed by atoms with van der Waals surface area (Å²) in [6.45, 7) is 2.92.